The van der Waals surface area contributed by atoms with Gasteiger partial charge in [-0.15, -0.1) is 5.10 Å². The molecule has 1 N–H and O–H groups in total. The van der Waals surface area contributed by atoms with E-state index in [0.29, 0.717) is 32.7 Å². The highest BCUT2D eigenvalue weighted by molar-refractivity contribution is 7.73. The number of carbonyl (C=O) groups excluding carboxylic acids is 1. The van der Waals surface area contributed by atoms with Crippen LogP contribution >= 0.6 is 23.6 Å². The first-order valence-corrected chi connectivity index (χ1v) is 9.29. The molecule has 0 unspecified atom stereocenters. The fourth-order valence-electron chi connectivity index (χ4n) is 2.72. The summed E-state index contributed by atoms with van der Waals surface area (Å²) in [6.07, 6.45) is 2.02. The van der Waals surface area contributed by atoms with Crippen LogP contribution in [-0.2, 0) is 13.1 Å². The Labute approximate surface area is 158 Å². The Hall–Kier alpha value is -2.65. The highest BCUT2D eigenvalue weighted by atomic mass is 32.1. The highest BCUT2D eigenvalue weighted by Gasteiger charge is 2.17. The second-order valence-corrected chi connectivity index (χ2v) is 7.26. The molecular weight excluding hydrogens is 372 g/mol. The van der Waals surface area contributed by atoms with Gasteiger partial charge in [0.05, 0.1) is 6.54 Å². The summed E-state index contributed by atoms with van der Waals surface area (Å²) in [5.41, 5.74) is 1.59. The number of hydrogen-bond donors (Lipinski definition) is 1. The molecule has 7 nitrogen and oxygen atoms in total. The summed E-state index contributed by atoms with van der Waals surface area (Å²) in [6, 6.07) is 9.10. The normalized spacial score (nSPS) is 12.3. The maximum absolute atomic E-state index is 12.5. The van der Waals surface area contributed by atoms with E-state index in [9.17, 15) is 4.79 Å². The molecule has 0 radical (unpaired) electrons. The number of amides is 1. The van der Waals surface area contributed by atoms with E-state index in [4.69, 9.17) is 21.7 Å². The van der Waals surface area contributed by atoms with Gasteiger partial charge in [-0.25, -0.2) is 4.68 Å². The minimum absolute atomic E-state index is 0.172. The average Bonchev–Trinajstić information content (AvgIpc) is 3.35. The van der Waals surface area contributed by atoms with Crippen molar-refractivity contribution in [2.24, 2.45) is 0 Å². The van der Waals surface area contributed by atoms with Crippen LogP contribution in [0.5, 0.6) is 11.5 Å². The van der Waals surface area contributed by atoms with Crippen LogP contribution in [0.15, 0.2) is 36.5 Å². The molecule has 0 bridgehead atoms. The summed E-state index contributed by atoms with van der Waals surface area (Å²) < 4.78 is 15.0. The minimum atomic E-state index is -0.267. The average molecular weight is 388 g/mol. The van der Waals surface area contributed by atoms with Gasteiger partial charge in [-0.3, -0.25) is 10.1 Å². The van der Waals surface area contributed by atoms with E-state index >= 15 is 0 Å². The zero-order valence-electron chi connectivity index (χ0n) is 14.0. The third kappa shape index (κ3) is 3.23. The second-order valence-electron chi connectivity index (χ2n) is 5.64. The number of nitrogens with one attached hydrogen (secondary N) is 1. The van der Waals surface area contributed by atoms with Gasteiger partial charge in [0.2, 0.25) is 11.9 Å². The molecule has 9 heteroatoms. The summed E-state index contributed by atoms with van der Waals surface area (Å²) in [5, 5.41) is 7.69. The zero-order chi connectivity index (χ0) is 18.1. The van der Waals surface area contributed by atoms with E-state index < -0.39 is 0 Å². The van der Waals surface area contributed by atoms with Crippen LogP contribution < -0.4 is 14.8 Å². The van der Waals surface area contributed by atoms with E-state index in [1.165, 1.54) is 11.3 Å². The van der Waals surface area contributed by atoms with E-state index in [-0.39, 0.29) is 12.7 Å². The van der Waals surface area contributed by atoms with Gasteiger partial charge in [0.15, 0.2) is 15.5 Å². The molecule has 1 aliphatic heterocycles. The lowest BCUT2D eigenvalue weighted by Gasteiger charge is -2.06. The van der Waals surface area contributed by atoms with Crippen LogP contribution in [0.2, 0.25) is 0 Å². The molecule has 0 spiro atoms. The molecule has 3 heterocycles. The minimum Gasteiger partial charge on any atom is -0.454 e. The van der Waals surface area contributed by atoms with Crippen LogP contribution in [0, 0.1) is 3.95 Å². The molecule has 0 saturated carbocycles. The Bertz CT molecular complexity index is 1020. The second kappa shape index (κ2) is 6.93. The van der Waals surface area contributed by atoms with Crippen molar-refractivity contribution >= 4 is 34.6 Å². The molecule has 0 aliphatic carbocycles. The molecule has 1 aromatic carbocycles. The maximum atomic E-state index is 12.5. The zero-order valence-corrected chi connectivity index (χ0v) is 15.6. The first-order valence-electron chi connectivity index (χ1n) is 8.07. The Balaban J connectivity index is 1.50. The van der Waals surface area contributed by atoms with Crippen molar-refractivity contribution in [3.05, 3.63) is 51.7 Å². The largest absolute Gasteiger partial charge is 0.454 e. The Kier molecular flexibility index (Phi) is 4.48. The smallest absolute Gasteiger partial charge is 0.257 e. The number of fused-ring (bicyclic) bond motifs is 1. The fourth-order valence-corrected chi connectivity index (χ4v) is 3.72. The number of rotatable bonds is 5. The number of carbonyl (C=O) groups is 1. The number of hydrogen-bond acceptors (Lipinski definition) is 6. The molecule has 0 saturated heterocycles. The number of nitrogens with zero attached hydrogens (tertiary/aromatic N) is 3. The van der Waals surface area contributed by atoms with Crippen molar-refractivity contribution in [3.63, 3.8) is 0 Å². The van der Waals surface area contributed by atoms with Crippen molar-refractivity contribution in [1.29, 1.82) is 0 Å². The summed E-state index contributed by atoms with van der Waals surface area (Å²) in [4.78, 5) is 12.5. The third-order valence-electron chi connectivity index (χ3n) is 4.04. The van der Waals surface area contributed by atoms with Crippen LogP contribution in [0.3, 0.4) is 0 Å². The van der Waals surface area contributed by atoms with Gasteiger partial charge in [0.1, 0.15) is 0 Å². The molecule has 3 aromatic rings. The van der Waals surface area contributed by atoms with Crippen LogP contribution in [0.25, 0.3) is 0 Å². The number of ether oxygens (including phenoxy) is 2. The lowest BCUT2D eigenvalue weighted by molar-refractivity contribution is 0.102. The van der Waals surface area contributed by atoms with Crippen molar-refractivity contribution in [2.45, 2.75) is 20.0 Å². The highest BCUT2D eigenvalue weighted by Crippen LogP contribution is 2.32. The van der Waals surface area contributed by atoms with Gasteiger partial charge in [0, 0.05) is 24.0 Å². The van der Waals surface area contributed by atoms with Crippen LogP contribution in [0.1, 0.15) is 23.0 Å². The van der Waals surface area contributed by atoms with Gasteiger partial charge < -0.3 is 14.0 Å². The Morgan fingerprint density at radius 3 is 3.04 bits per heavy atom. The van der Waals surface area contributed by atoms with Gasteiger partial charge in [0.25, 0.3) is 5.91 Å². The molecule has 2 aromatic heterocycles. The van der Waals surface area contributed by atoms with E-state index in [1.807, 2.05) is 18.3 Å². The maximum Gasteiger partial charge on any atom is 0.257 e. The molecule has 1 amide bonds. The standard InChI is InChI=1S/C17H16N4O3S2/c1-2-20-7-3-4-12(20)9-21-17(25)26-16(19-21)18-15(22)11-5-6-13-14(8-11)24-10-23-13/h3-8H,2,9-10H2,1H3,(H,18,19,22). The number of benzene rings is 1. The Morgan fingerprint density at radius 1 is 1.35 bits per heavy atom. The fraction of sp³-hybridized carbons (Fsp3) is 0.235. The quantitative estimate of drug-likeness (QED) is 0.677. The summed E-state index contributed by atoms with van der Waals surface area (Å²) >= 11 is 6.65. The molecular formula is C17H16N4O3S2. The van der Waals surface area contributed by atoms with Crippen molar-refractivity contribution in [3.8, 4) is 11.5 Å². The van der Waals surface area contributed by atoms with Gasteiger partial charge in [-0.05, 0) is 49.5 Å². The molecule has 134 valence electrons. The third-order valence-corrected chi connectivity index (χ3v) is 5.26. The van der Waals surface area contributed by atoms with E-state index in [0.717, 1.165) is 12.2 Å². The lowest BCUT2D eigenvalue weighted by atomic mass is 10.2. The predicted molar refractivity (Wildman–Crippen MR) is 101 cm³/mol. The predicted octanol–water partition coefficient (Wildman–Crippen LogP) is 3.52. The summed E-state index contributed by atoms with van der Waals surface area (Å²) in [6.45, 7) is 3.70. The van der Waals surface area contributed by atoms with Crippen molar-refractivity contribution < 1.29 is 14.3 Å². The lowest BCUT2D eigenvalue weighted by Crippen LogP contribution is -2.13. The number of anilines is 1. The molecule has 26 heavy (non-hydrogen) atoms. The molecule has 4 rings (SSSR count). The summed E-state index contributed by atoms with van der Waals surface area (Å²) in [5.74, 6) is 0.938. The van der Waals surface area contributed by atoms with Gasteiger partial charge in [-0.2, -0.15) is 0 Å². The molecule has 1 aliphatic rings. The number of aromatic nitrogens is 3. The summed E-state index contributed by atoms with van der Waals surface area (Å²) in [7, 11) is 0. The monoisotopic (exact) mass is 388 g/mol. The van der Waals surface area contributed by atoms with Crippen LogP contribution in [0.4, 0.5) is 5.13 Å². The van der Waals surface area contributed by atoms with Crippen molar-refractivity contribution in [2.75, 3.05) is 12.1 Å². The number of aryl methyl sites for hydroxylation is 1. The van der Waals surface area contributed by atoms with Gasteiger partial charge in [-0.1, -0.05) is 11.3 Å². The first kappa shape index (κ1) is 16.8. The van der Waals surface area contributed by atoms with E-state index in [1.54, 1.807) is 22.9 Å². The molecule has 0 atom stereocenters. The van der Waals surface area contributed by atoms with Crippen molar-refractivity contribution in [1.82, 2.24) is 14.3 Å². The first-order chi connectivity index (χ1) is 12.6. The topological polar surface area (TPSA) is 70.3 Å². The molecule has 0 fully saturated rings. The van der Waals surface area contributed by atoms with Gasteiger partial charge >= 0.3 is 0 Å². The van der Waals surface area contributed by atoms with Crippen LogP contribution in [-0.4, -0.2) is 27.0 Å². The Morgan fingerprint density at radius 2 is 2.19 bits per heavy atom. The SMILES string of the molecule is CCn1cccc1Cn1nc(NC(=O)c2ccc3c(c2)OCO3)sc1=S. The van der Waals surface area contributed by atoms with E-state index in [2.05, 4.69) is 21.9 Å².